The van der Waals surface area contributed by atoms with Gasteiger partial charge in [-0.05, 0) is 64.5 Å². The molecule has 8 nitrogen and oxygen atoms in total. The number of ether oxygens (including phenoxy) is 1. The van der Waals surface area contributed by atoms with Crippen molar-refractivity contribution in [2.75, 3.05) is 17.3 Å². The molecule has 168 valence electrons. The Balaban J connectivity index is 1.88. The highest BCUT2D eigenvalue weighted by atomic mass is 79.9. The number of Topliss-reactive ketones (excluding diaryl/α,β-unsaturated/α-hetero) is 1. The molecule has 2 amide bonds. The lowest BCUT2D eigenvalue weighted by Gasteiger charge is -2.24. The van der Waals surface area contributed by atoms with Crippen LogP contribution in [-0.2, 0) is 14.4 Å². The average molecular weight is 511 g/mol. The van der Waals surface area contributed by atoms with Gasteiger partial charge >= 0.3 is 0 Å². The van der Waals surface area contributed by atoms with Gasteiger partial charge in [-0.25, -0.2) is 0 Å². The van der Waals surface area contributed by atoms with E-state index in [1.165, 1.54) is 25.2 Å². The predicted molar refractivity (Wildman–Crippen MR) is 125 cm³/mol. The van der Waals surface area contributed by atoms with Gasteiger partial charge in [0, 0.05) is 23.9 Å². The van der Waals surface area contributed by atoms with Gasteiger partial charge in [0.1, 0.15) is 23.3 Å². The van der Waals surface area contributed by atoms with E-state index in [0.29, 0.717) is 32.9 Å². The number of methoxy groups -OCH3 is 1. The van der Waals surface area contributed by atoms with Crippen LogP contribution in [0.5, 0.6) is 5.75 Å². The third-order valence-corrected chi connectivity index (χ3v) is 5.75. The third-order valence-electron chi connectivity index (χ3n) is 5.13. The maximum Gasteiger partial charge on any atom is 0.300 e. The molecule has 0 aliphatic carbocycles. The lowest BCUT2D eigenvalue weighted by Crippen LogP contribution is -2.29. The second kappa shape index (κ2) is 8.95. The Hall–Kier alpha value is -3.85. The van der Waals surface area contributed by atoms with E-state index in [0.717, 1.165) is 0 Å². The van der Waals surface area contributed by atoms with E-state index in [1.807, 2.05) is 0 Å². The normalized spacial score (nSPS) is 17.3. The molecule has 1 aromatic heterocycles. The molecule has 33 heavy (non-hydrogen) atoms. The van der Waals surface area contributed by atoms with Gasteiger partial charge < -0.3 is 19.6 Å². The number of nitrogens with one attached hydrogen (secondary N) is 1. The molecule has 1 fully saturated rings. The minimum atomic E-state index is -1.01. The number of aliphatic hydroxyl groups excluding tert-OH is 1. The molecule has 9 heteroatoms. The number of rotatable bonds is 5. The number of hydrogen-bond acceptors (Lipinski definition) is 6. The van der Waals surface area contributed by atoms with E-state index in [9.17, 15) is 19.5 Å². The first-order chi connectivity index (χ1) is 15.8. The zero-order valence-corrected chi connectivity index (χ0v) is 19.3. The first kappa shape index (κ1) is 22.3. The van der Waals surface area contributed by atoms with Gasteiger partial charge in [-0.2, -0.15) is 0 Å². The monoisotopic (exact) mass is 510 g/mol. The van der Waals surface area contributed by atoms with Crippen LogP contribution in [-0.4, -0.2) is 29.8 Å². The fourth-order valence-electron chi connectivity index (χ4n) is 3.72. The largest absolute Gasteiger partial charge is 0.507 e. The first-order valence-corrected chi connectivity index (χ1v) is 10.7. The Morgan fingerprint density at radius 1 is 1.15 bits per heavy atom. The molecule has 0 bridgehead atoms. The fourth-order valence-corrected chi connectivity index (χ4v) is 4.26. The Morgan fingerprint density at radius 2 is 1.94 bits per heavy atom. The smallest absolute Gasteiger partial charge is 0.300 e. The second-order valence-corrected chi connectivity index (χ2v) is 8.12. The molecule has 2 N–H and O–H groups in total. The van der Waals surface area contributed by atoms with Crippen LogP contribution >= 0.6 is 15.9 Å². The van der Waals surface area contributed by atoms with Gasteiger partial charge in [-0.1, -0.05) is 6.07 Å². The molecule has 2 aromatic carbocycles. The van der Waals surface area contributed by atoms with Crippen molar-refractivity contribution in [3.8, 4) is 5.75 Å². The number of amides is 2. The number of halogens is 1. The summed E-state index contributed by atoms with van der Waals surface area (Å²) >= 11 is 3.37. The zero-order valence-electron chi connectivity index (χ0n) is 17.7. The highest BCUT2D eigenvalue weighted by Gasteiger charge is 2.48. The minimum absolute atomic E-state index is 0.114. The van der Waals surface area contributed by atoms with Crippen molar-refractivity contribution >= 4 is 50.7 Å². The molecule has 1 aliphatic heterocycles. The summed E-state index contributed by atoms with van der Waals surface area (Å²) in [5, 5.41) is 13.8. The number of carbonyl (C=O) groups excluding carboxylic acids is 3. The molecule has 0 spiro atoms. The number of nitrogens with zero attached hydrogens (tertiary/aromatic N) is 1. The summed E-state index contributed by atoms with van der Waals surface area (Å²) in [6, 6.07) is 13.6. The third kappa shape index (κ3) is 4.14. The van der Waals surface area contributed by atoms with Gasteiger partial charge in [0.2, 0.25) is 5.91 Å². The molecule has 3 aromatic rings. The summed E-state index contributed by atoms with van der Waals surface area (Å²) in [5.41, 5.74) is 1.03. The quantitative estimate of drug-likeness (QED) is 0.294. The van der Waals surface area contributed by atoms with Crippen molar-refractivity contribution < 1.29 is 28.6 Å². The number of ketones is 1. The average Bonchev–Trinajstić information content (AvgIpc) is 3.40. The number of anilines is 2. The molecular formula is C24H19BrN2O6. The standard InChI is InChI=1S/C24H19BrN2O6/c1-13(28)26-15-5-3-6-16(12-15)27-21(19-7-4-10-33-19)20(23(30)24(27)31)22(29)14-8-9-18(32-2)17(25)11-14/h3-12,21,29H,1-2H3,(H,26,28)/b22-20-. The van der Waals surface area contributed by atoms with Crippen LogP contribution in [0.1, 0.15) is 24.3 Å². The number of benzene rings is 2. The fraction of sp³-hybridized carbons (Fsp3) is 0.125. The SMILES string of the molecule is COc1ccc(/C(O)=C2/C(=O)C(=O)N(c3cccc(NC(C)=O)c3)C2c2ccco2)cc1Br. The van der Waals surface area contributed by atoms with Crippen LogP contribution in [0.2, 0.25) is 0 Å². The number of aliphatic hydroxyl groups is 1. The van der Waals surface area contributed by atoms with Gasteiger partial charge in [-0.15, -0.1) is 0 Å². The summed E-state index contributed by atoms with van der Waals surface area (Å²) in [7, 11) is 1.51. The number of hydrogen-bond donors (Lipinski definition) is 2. The van der Waals surface area contributed by atoms with Crippen LogP contribution in [0.25, 0.3) is 5.76 Å². The Bertz CT molecular complexity index is 1280. The van der Waals surface area contributed by atoms with Gasteiger partial charge in [-0.3, -0.25) is 19.3 Å². The molecule has 1 atom stereocenters. The number of furan rings is 1. The summed E-state index contributed by atoms with van der Waals surface area (Å²) in [5.74, 6) is -1.46. The highest BCUT2D eigenvalue weighted by Crippen LogP contribution is 2.43. The predicted octanol–water partition coefficient (Wildman–Crippen LogP) is 4.64. The maximum atomic E-state index is 13.1. The van der Waals surface area contributed by atoms with Crippen molar-refractivity contribution in [1.82, 2.24) is 0 Å². The summed E-state index contributed by atoms with van der Waals surface area (Å²) in [6.07, 6.45) is 1.42. The van der Waals surface area contributed by atoms with E-state index in [2.05, 4.69) is 21.2 Å². The van der Waals surface area contributed by atoms with Crippen LogP contribution < -0.4 is 15.0 Å². The van der Waals surface area contributed by atoms with Crippen molar-refractivity contribution in [1.29, 1.82) is 0 Å². The maximum absolute atomic E-state index is 13.1. The van der Waals surface area contributed by atoms with Crippen molar-refractivity contribution in [3.05, 3.63) is 82.2 Å². The van der Waals surface area contributed by atoms with E-state index in [-0.39, 0.29) is 17.2 Å². The van der Waals surface area contributed by atoms with Crippen molar-refractivity contribution in [3.63, 3.8) is 0 Å². The summed E-state index contributed by atoms with van der Waals surface area (Å²) < 4.78 is 11.3. The molecule has 1 saturated heterocycles. The zero-order chi connectivity index (χ0) is 23.7. The highest BCUT2D eigenvalue weighted by molar-refractivity contribution is 9.10. The summed E-state index contributed by atoms with van der Waals surface area (Å²) in [6.45, 7) is 1.37. The molecule has 1 aliphatic rings. The van der Waals surface area contributed by atoms with E-state index in [1.54, 1.807) is 54.6 Å². The van der Waals surface area contributed by atoms with E-state index < -0.39 is 17.7 Å². The molecule has 4 rings (SSSR count). The van der Waals surface area contributed by atoms with E-state index >= 15 is 0 Å². The first-order valence-electron chi connectivity index (χ1n) is 9.87. The van der Waals surface area contributed by atoms with Crippen LogP contribution in [0.4, 0.5) is 11.4 Å². The summed E-state index contributed by atoms with van der Waals surface area (Å²) in [4.78, 5) is 39.0. The molecule has 0 radical (unpaired) electrons. The molecule has 1 unspecified atom stereocenters. The second-order valence-electron chi connectivity index (χ2n) is 7.27. The Kier molecular flexibility index (Phi) is 6.06. The van der Waals surface area contributed by atoms with Crippen LogP contribution in [0, 0.1) is 0 Å². The van der Waals surface area contributed by atoms with Gasteiger partial charge in [0.25, 0.3) is 11.7 Å². The van der Waals surface area contributed by atoms with Crippen molar-refractivity contribution in [2.24, 2.45) is 0 Å². The Morgan fingerprint density at radius 3 is 2.58 bits per heavy atom. The Labute approximate surface area is 197 Å². The molecule has 2 heterocycles. The van der Waals surface area contributed by atoms with Crippen LogP contribution in [0.3, 0.4) is 0 Å². The topological polar surface area (TPSA) is 109 Å². The molecule has 0 saturated carbocycles. The van der Waals surface area contributed by atoms with E-state index in [4.69, 9.17) is 9.15 Å². The van der Waals surface area contributed by atoms with Gasteiger partial charge in [0.15, 0.2) is 0 Å². The van der Waals surface area contributed by atoms with Crippen LogP contribution in [0.15, 0.2) is 75.3 Å². The minimum Gasteiger partial charge on any atom is -0.507 e. The lowest BCUT2D eigenvalue weighted by atomic mass is 9.99. The molecular weight excluding hydrogens is 492 g/mol. The lowest BCUT2D eigenvalue weighted by molar-refractivity contribution is -0.132. The number of carbonyl (C=O) groups is 3. The van der Waals surface area contributed by atoms with Crippen molar-refractivity contribution in [2.45, 2.75) is 13.0 Å². The van der Waals surface area contributed by atoms with Gasteiger partial charge in [0.05, 0.1) is 23.4 Å².